The SMILES string of the molecule is [2H]c1c([2H])c([2H])c(-c2cccc(-c3ccc4oc5cccc(-n6c7ccccc7c7cc(-n8c9ccccc9c9cc(-n%10c%11ccccc%11c%11ccccc%11%10)ccc98)ccc76)c5c4c3)c2)c([2H])c1[2H]. The molecular weight excluding hydrogens is 779 g/mol. The van der Waals surface area contributed by atoms with E-state index in [0.717, 1.165) is 83.0 Å². The van der Waals surface area contributed by atoms with E-state index in [1.54, 1.807) is 6.07 Å². The summed E-state index contributed by atoms with van der Waals surface area (Å²) in [6.45, 7) is 0. The maximum Gasteiger partial charge on any atom is 0.137 e. The number of nitrogens with zero attached hydrogens (tertiary/aromatic N) is 3. The highest BCUT2D eigenvalue weighted by atomic mass is 16.3. The molecule has 14 rings (SSSR count). The van der Waals surface area contributed by atoms with Crippen LogP contribution in [-0.4, -0.2) is 13.7 Å². The summed E-state index contributed by atoms with van der Waals surface area (Å²) >= 11 is 0. The van der Waals surface area contributed by atoms with Gasteiger partial charge in [0.2, 0.25) is 0 Å². The molecule has 0 aliphatic rings. The van der Waals surface area contributed by atoms with Crippen molar-refractivity contribution >= 4 is 87.4 Å². The van der Waals surface area contributed by atoms with Gasteiger partial charge in [-0.1, -0.05) is 133 Å². The molecule has 0 atom stereocenters. The maximum atomic E-state index is 8.63. The van der Waals surface area contributed by atoms with Gasteiger partial charge in [-0.2, -0.15) is 0 Å². The molecule has 0 radical (unpaired) electrons. The van der Waals surface area contributed by atoms with Crippen molar-refractivity contribution in [1.29, 1.82) is 0 Å². The fourth-order valence-corrected chi connectivity index (χ4v) is 10.4. The van der Waals surface area contributed by atoms with Crippen LogP contribution < -0.4 is 0 Å². The highest BCUT2D eigenvalue weighted by Crippen LogP contribution is 2.42. The van der Waals surface area contributed by atoms with Crippen LogP contribution in [0.25, 0.3) is 127 Å². The predicted octanol–water partition coefficient (Wildman–Crippen LogP) is 16.2. The molecule has 0 bridgehead atoms. The summed E-state index contributed by atoms with van der Waals surface area (Å²) in [5.41, 5.74) is 14.0. The molecule has 0 aliphatic heterocycles. The minimum Gasteiger partial charge on any atom is -0.456 e. The van der Waals surface area contributed by atoms with Gasteiger partial charge in [0, 0.05) is 49.1 Å². The van der Waals surface area contributed by atoms with Gasteiger partial charge in [0.15, 0.2) is 0 Å². The lowest BCUT2D eigenvalue weighted by Crippen LogP contribution is -1.97. The van der Waals surface area contributed by atoms with Gasteiger partial charge in [-0.3, -0.25) is 0 Å². The smallest absolute Gasteiger partial charge is 0.137 e. The summed E-state index contributed by atoms with van der Waals surface area (Å²) in [6, 6.07) is 66.6. The van der Waals surface area contributed by atoms with Crippen molar-refractivity contribution in [3.8, 4) is 39.3 Å². The number of para-hydroxylation sites is 4. The summed E-state index contributed by atoms with van der Waals surface area (Å²) in [5, 5.41) is 9.04. The first kappa shape index (κ1) is 30.4. The molecule has 298 valence electrons. The fourth-order valence-electron chi connectivity index (χ4n) is 10.4. The van der Waals surface area contributed by atoms with Crippen molar-refractivity contribution in [2.24, 2.45) is 0 Å². The van der Waals surface area contributed by atoms with Crippen LogP contribution >= 0.6 is 0 Å². The quantitative estimate of drug-likeness (QED) is 0.170. The molecule has 14 aromatic rings. The van der Waals surface area contributed by atoms with Crippen molar-refractivity contribution in [2.75, 3.05) is 0 Å². The average Bonchev–Trinajstić information content (AvgIpc) is 4.13. The zero-order valence-electron chi connectivity index (χ0n) is 39.2. The molecule has 4 nitrogen and oxygen atoms in total. The summed E-state index contributed by atoms with van der Waals surface area (Å²) in [6.07, 6.45) is 0. The van der Waals surface area contributed by atoms with Gasteiger partial charge in [0.1, 0.15) is 11.2 Å². The topological polar surface area (TPSA) is 27.9 Å². The van der Waals surface area contributed by atoms with E-state index in [4.69, 9.17) is 11.3 Å². The van der Waals surface area contributed by atoms with E-state index in [1.807, 2.05) is 42.5 Å². The van der Waals surface area contributed by atoms with Crippen LogP contribution in [0.15, 0.2) is 229 Å². The Morgan fingerprint density at radius 2 is 0.797 bits per heavy atom. The second-order valence-corrected chi connectivity index (χ2v) is 16.5. The van der Waals surface area contributed by atoms with Crippen LogP contribution in [0.5, 0.6) is 0 Å². The molecule has 0 fully saturated rings. The highest BCUT2D eigenvalue weighted by Gasteiger charge is 2.21. The molecule has 0 N–H and O–H groups in total. The molecule has 0 amide bonds. The van der Waals surface area contributed by atoms with E-state index >= 15 is 0 Å². The van der Waals surface area contributed by atoms with Crippen LogP contribution in [0.2, 0.25) is 0 Å². The Morgan fingerprint density at radius 3 is 1.41 bits per heavy atom. The molecule has 0 saturated heterocycles. The number of aromatic nitrogens is 3. The molecule has 4 heterocycles. The first-order chi connectivity index (χ1) is 33.8. The number of hydrogen-bond donors (Lipinski definition) is 0. The first-order valence-corrected chi connectivity index (χ1v) is 21.5. The van der Waals surface area contributed by atoms with Crippen molar-refractivity contribution < 1.29 is 11.3 Å². The van der Waals surface area contributed by atoms with Gasteiger partial charge >= 0.3 is 0 Å². The minimum atomic E-state index is -0.407. The molecule has 0 spiro atoms. The molecule has 0 aliphatic carbocycles. The van der Waals surface area contributed by atoms with E-state index in [2.05, 4.69) is 159 Å². The third-order valence-electron chi connectivity index (χ3n) is 13.1. The van der Waals surface area contributed by atoms with E-state index < -0.39 is 6.04 Å². The molecular formula is C60H37N3O. The predicted molar refractivity (Wildman–Crippen MR) is 268 cm³/mol. The number of benzene rings is 10. The Bertz CT molecular complexity index is 4430. The summed E-state index contributed by atoms with van der Waals surface area (Å²) in [4.78, 5) is 0. The number of fused-ring (bicyclic) bond motifs is 12. The normalized spacial score (nSPS) is 13.2. The van der Waals surface area contributed by atoms with Gasteiger partial charge in [-0.25, -0.2) is 0 Å². The number of furan rings is 1. The molecule has 0 unspecified atom stereocenters. The fraction of sp³-hybridized carbons (Fsp3) is 0. The maximum absolute atomic E-state index is 8.63. The summed E-state index contributed by atoms with van der Waals surface area (Å²) in [5.74, 6) is 0. The highest BCUT2D eigenvalue weighted by molar-refractivity contribution is 6.16. The lowest BCUT2D eigenvalue weighted by atomic mass is 9.98. The van der Waals surface area contributed by atoms with Crippen LogP contribution in [-0.2, 0) is 0 Å². The van der Waals surface area contributed by atoms with E-state index in [9.17, 15) is 0 Å². The molecule has 64 heavy (non-hydrogen) atoms. The third-order valence-corrected chi connectivity index (χ3v) is 13.1. The van der Waals surface area contributed by atoms with Crippen molar-refractivity contribution in [1.82, 2.24) is 13.7 Å². The summed E-state index contributed by atoms with van der Waals surface area (Å²) in [7, 11) is 0. The van der Waals surface area contributed by atoms with Crippen LogP contribution in [0.1, 0.15) is 6.85 Å². The Morgan fingerprint density at radius 1 is 0.312 bits per heavy atom. The molecule has 10 aromatic carbocycles. The van der Waals surface area contributed by atoms with Gasteiger partial charge in [0.25, 0.3) is 0 Å². The molecule has 4 aromatic heterocycles. The summed E-state index contributed by atoms with van der Waals surface area (Å²) < 4.78 is 55.6. The van der Waals surface area contributed by atoms with Crippen molar-refractivity contribution in [3.05, 3.63) is 224 Å². The van der Waals surface area contributed by atoms with Gasteiger partial charge in [-0.05, 0) is 113 Å². The Hall–Kier alpha value is -8.60. The van der Waals surface area contributed by atoms with Gasteiger partial charge < -0.3 is 18.1 Å². The number of rotatable bonds is 5. The average molecular weight is 821 g/mol. The zero-order valence-corrected chi connectivity index (χ0v) is 34.2. The van der Waals surface area contributed by atoms with Crippen LogP contribution in [0, 0.1) is 0 Å². The largest absolute Gasteiger partial charge is 0.456 e. The van der Waals surface area contributed by atoms with E-state index in [-0.39, 0.29) is 29.7 Å². The lowest BCUT2D eigenvalue weighted by molar-refractivity contribution is 0.669. The van der Waals surface area contributed by atoms with Crippen LogP contribution in [0.3, 0.4) is 0 Å². The Kier molecular flexibility index (Phi) is 6.39. The van der Waals surface area contributed by atoms with Gasteiger partial charge in [0.05, 0.1) is 51.0 Å². The van der Waals surface area contributed by atoms with E-state index in [1.165, 1.54) is 32.6 Å². The second-order valence-electron chi connectivity index (χ2n) is 16.5. The second kappa shape index (κ2) is 13.4. The Balaban J connectivity index is 0.932. The van der Waals surface area contributed by atoms with E-state index in [0.29, 0.717) is 5.56 Å². The monoisotopic (exact) mass is 820 g/mol. The van der Waals surface area contributed by atoms with Crippen LogP contribution in [0.4, 0.5) is 0 Å². The molecule has 4 heteroatoms. The zero-order chi connectivity index (χ0) is 46.2. The molecule has 0 saturated carbocycles. The minimum absolute atomic E-state index is 0.178. The van der Waals surface area contributed by atoms with Crippen molar-refractivity contribution in [3.63, 3.8) is 0 Å². The first-order valence-electron chi connectivity index (χ1n) is 24.0. The number of hydrogen-bond acceptors (Lipinski definition) is 1. The lowest BCUT2D eigenvalue weighted by Gasteiger charge is -2.12. The van der Waals surface area contributed by atoms with Crippen molar-refractivity contribution in [2.45, 2.75) is 0 Å². The standard InChI is InChI=1S/C60H37N3O/c1-2-14-38(15-3-1)39-16-12-17-40(34-39)41-28-33-58-50(35-41)60-57(26-13-27-59(60)64-58)63-54-25-11-7-21-47(54)49-37-43(30-32-56(49)63)62-53-24-10-6-20-46(53)48-36-42(29-31-55(48)62)61-51-22-8-4-18-44(51)45-19-5-9-23-52(45)61/h1-37H/i1D,2D,3D,14D,15D. The Labute approximate surface area is 374 Å². The third kappa shape index (κ3) is 5.05. The van der Waals surface area contributed by atoms with Gasteiger partial charge in [-0.15, -0.1) is 0 Å².